The molecule has 2 rings (SSSR count). The van der Waals surface area contributed by atoms with Gasteiger partial charge < -0.3 is 4.90 Å². The van der Waals surface area contributed by atoms with Crippen molar-refractivity contribution in [3.05, 3.63) is 0 Å². The van der Waals surface area contributed by atoms with Crippen LogP contribution in [0.25, 0.3) is 0 Å². The molecule has 2 saturated carbocycles. The second kappa shape index (κ2) is 4.70. The van der Waals surface area contributed by atoms with Crippen LogP contribution in [0.5, 0.6) is 0 Å². The Morgan fingerprint density at radius 2 is 1.85 bits per heavy atom. The van der Waals surface area contributed by atoms with E-state index in [9.17, 15) is 0 Å². The number of nitrogens with zero attached hydrogens (tertiary/aromatic N) is 1. The monoisotopic (exact) mass is 199 g/mol. The molecule has 0 N–H and O–H groups in total. The Kier molecular flexibility index (Phi) is 3.56. The van der Waals surface area contributed by atoms with E-state index in [2.05, 4.69) is 17.5 Å². The molecule has 0 spiro atoms. The molecule has 0 saturated heterocycles. The number of rotatable bonds is 7. The zero-order chi connectivity index (χ0) is 9.10. The van der Waals surface area contributed by atoms with Gasteiger partial charge in [-0.25, -0.2) is 0 Å². The number of thiol groups is 1. The lowest BCUT2D eigenvalue weighted by molar-refractivity contribution is 0.249. The van der Waals surface area contributed by atoms with Crippen LogP contribution in [0.2, 0.25) is 0 Å². The van der Waals surface area contributed by atoms with Crippen LogP contribution in [-0.2, 0) is 0 Å². The molecule has 1 nitrogen and oxygen atoms in total. The molecule has 2 heteroatoms. The van der Waals surface area contributed by atoms with Crippen molar-refractivity contribution in [2.45, 2.75) is 44.6 Å². The van der Waals surface area contributed by atoms with Gasteiger partial charge in [0.25, 0.3) is 0 Å². The molecule has 2 fully saturated rings. The Morgan fingerprint density at radius 1 is 1.08 bits per heavy atom. The molecule has 0 bridgehead atoms. The van der Waals surface area contributed by atoms with Gasteiger partial charge >= 0.3 is 0 Å². The highest BCUT2D eigenvalue weighted by atomic mass is 32.1. The van der Waals surface area contributed by atoms with Gasteiger partial charge in [-0.05, 0) is 56.7 Å². The minimum atomic E-state index is 0.973. The quantitative estimate of drug-likeness (QED) is 0.487. The minimum absolute atomic E-state index is 0.973. The predicted octanol–water partition coefficient (Wildman–Crippen LogP) is 2.57. The molecule has 2 aliphatic rings. The summed E-state index contributed by atoms with van der Waals surface area (Å²) in [6.45, 7) is 2.74. The third-order valence-corrected chi connectivity index (χ3v) is 3.42. The fourth-order valence-electron chi connectivity index (χ4n) is 1.92. The van der Waals surface area contributed by atoms with Crippen LogP contribution in [0.3, 0.4) is 0 Å². The topological polar surface area (TPSA) is 3.24 Å². The predicted molar refractivity (Wildman–Crippen MR) is 60.4 cm³/mol. The maximum absolute atomic E-state index is 4.25. The van der Waals surface area contributed by atoms with Gasteiger partial charge in [-0.3, -0.25) is 0 Å². The first-order chi connectivity index (χ1) is 6.40. The summed E-state index contributed by atoms with van der Waals surface area (Å²) in [7, 11) is 0. The number of hydrogen-bond acceptors (Lipinski definition) is 2. The van der Waals surface area contributed by atoms with Crippen molar-refractivity contribution in [1.82, 2.24) is 4.90 Å². The lowest BCUT2D eigenvalue weighted by atomic mass is 10.3. The van der Waals surface area contributed by atoms with Crippen molar-refractivity contribution in [3.63, 3.8) is 0 Å². The van der Waals surface area contributed by atoms with Gasteiger partial charge in [0, 0.05) is 12.6 Å². The lowest BCUT2D eigenvalue weighted by Gasteiger charge is -2.21. The third-order valence-electron chi connectivity index (χ3n) is 3.11. The summed E-state index contributed by atoms with van der Waals surface area (Å²) in [5.74, 6) is 2.12. The summed E-state index contributed by atoms with van der Waals surface area (Å²) in [4.78, 5) is 2.74. The summed E-state index contributed by atoms with van der Waals surface area (Å²) in [6, 6.07) is 0.973. The van der Waals surface area contributed by atoms with Crippen molar-refractivity contribution in [1.29, 1.82) is 0 Å². The van der Waals surface area contributed by atoms with Crippen LogP contribution < -0.4 is 0 Å². The maximum atomic E-state index is 4.25. The molecule has 0 unspecified atom stereocenters. The van der Waals surface area contributed by atoms with Crippen molar-refractivity contribution in [2.24, 2.45) is 5.92 Å². The molecule has 0 heterocycles. The zero-order valence-corrected chi connectivity index (χ0v) is 9.31. The lowest BCUT2D eigenvalue weighted by Crippen LogP contribution is -2.29. The van der Waals surface area contributed by atoms with Gasteiger partial charge in [0.15, 0.2) is 0 Å². The van der Waals surface area contributed by atoms with Gasteiger partial charge in [-0.15, -0.1) is 0 Å². The number of hydrogen-bond donors (Lipinski definition) is 1. The Bertz CT molecular complexity index is 152. The van der Waals surface area contributed by atoms with Gasteiger partial charge in [0.1, 0.15) is 0 Å². The van der Waals surface area contributed by atoms with Crippen LogP contribution in [0.15, 0.2) is 0 Å². The highest BCUT2D eigenvalue weighted by Crippen LogP contribution is 2.34. The third kappa shape index (κ3) is 3.51. The molecule has 13 heavy (non-hydrogen) atoms. The van der Waals surface area contributed by atoms with E-state index in [1.807, 2.05) is 0 Å². The van der Waals surface area contributed by atoms with E-state index in [0.29, 0.717) is 0 Å². The highest BCUT2D eigenvalue weighted by Gasteiger charge is 2.32. The molecule has 76 valence electrons. The molecular weight excluding hydrogens is 178 g/mol. The van der Waals surface area contributed by atoms with Crippen molar-refractivity contribution in [3.8, 4) is 0 Å². The van der Waals surface area contributed by atoms with E-state index in [-0.39, 0.29) is 0 Å². The van der Waals surface area contributed by atoms with Crippen LogP contribution in [0.1, 0.15) is 38.5 Å². The van der Waals surface area contributed by atoms with Crippen LogP contribution in [0.4, 0.5) is 0 Å². The summed E-state index contributed by atoms with van der Waals surface area (Å²) < 4.78 is 0. The summed E-state index contributed by atoms with van der Waals surface area (Å²) in [6.07, 6.45) is 8.57. The van der Waals surface area contributed by atoms with Gasteiger partial charge in [0.05, 0.1) is 0 Å². The second-order valence-electron chi connectivity index (χ2n) is 4.60. The van der Waals surface area contributed by atoms with Crippen molar-refractivity contribution in [2.75, 3.05) is 18.8 Å². The molecule has 0 amide bonds. The molecule has 2 aliphatic carbocycles. The first-order valence-corrected chi connectivity index (χ1v) is 6.38. The van der Waals surface area contributed by atoms with E-state index in [1.54, 1.807) is 0 Å². The van der Waals surface area contributed by atoms with Gasteiger partial charge in [-0.2, -0.15) is 12.6 Å². The summed E-state index contributed by atoms with van der Waals surface area (Å²) >= 11 is 4.25. The van der Waals surface area contributed by atoms with E-state index >= 15 is 0 Å². The van der Waals surface area contributed by atoms with E-state index in [1.165, 1.54) is 51.6 Å². The average Bonchev–Trinajstić information content (AvgIpc) is 2.98. The van der Waals surface area contributed by atoms with Gasteiger partial charge in [-0.1, -0.05) is 0 Å². The molecule has 0 radical (unpaired) electrons. The largest absolute Gasteiger partial charge is 0.300 e. The average molecular weight is 199 g/mol. The SMILES string of the molecule is SCCCCN(CC1CC1)C1CC1. The van der Waals surface area contributed by atoms with Crippen molar-refractivity contribution < 1.29 is 0 Å². The molecule has 0 aromatic heterocycles. The van der Waals surface area contributed by atoms with Crippen LogP contribution in [-0.4, -0.2) is 29.8 Å². The van der Waals surface area contributed by atoms with Crippen molar-refractivity contribution >= 4 is 12.6 Å². The van der Waals surface area contributed by atoms with E-state index in [0.717, 1.165) is 17.7 Å². The Balaban J connectivity index is 1.63. The first-order valence-electron chi connectivity index (χ1n) is 5.75. The van der Waals surface area contributed by atoms with Gasteiger partial charge in [0.2, 0.25) is 0 Å². The smallest absolute Gasteiger partial charge is 0.00965 e. The molecule has 0 atom stereocenters. The maximum Gasteiger partial charge on any atom is 0.00965 e. The Labute approximate surface area is 87.3 Å². The highest BCUT2D eigenvalue weighted by molar-refractivity contribution is 7.80. The van der Waals surface area contributed by atoms with Crippen LogP contribution >= 0.6 is 12.6 Å². The normalized spacial score (nSPS) is 22.6. The minimum Gasteiger partial charge on any atom is -0.300 e. The van der Waals surface area contributed by atoms with E-state index in [4.69, 9.17) is 0 Å². The molecular formula is C11H21NS. The Hall–Kier alpha value is 0.310. The summed E-state index contributed by atoms with van der Waals surface area (Å²) in [5, 5.41) is 0. The molecule has 0 aliphatic heterocycles. The van der Waals surface area contributed by atoms with E-state index < -0.39 is 0 Å². The van der Waals surface area contributed by atoms with Crippen LogP contribution in [0, 0.1) is 5.92 Å². The fraction of sp³-hybridized carbons (Fsp3) is 1.00. The fourth-order valence-corrected chi connectivity index (χ4v) is 2.14. The standard InChI is InChI=1S/C11H21NS/c13-8-2-1-7-12(11-5-6-11)9-10-3-4-10/h10-11,13H,1-9H2. The first kappa shape index (κ1) is 9.85. The summed E-state index contributed by atoms with van der Waals surface area (Å²) in [5.41, 5.74) is 0. The zero-order valence-electron chi connectivity index (χ0n) is 8.41. The Morgan fingerprint density at radius 3 is 2.38 bits per heavy atom. The number of unbranched alkanes of at least 4 members (excludes halogenated alkanes) is 1. The molecule has 0 aromatic carbocycles. The molecule has 0 aromatic rings. The second-order valence-corrected chi connectivity index (χ2v) is 5.05.